The van der Waals surface area contributed by atoms with Gasteiger partial charge in [0.05, 0.1) is 12.5 Å². The molecule has 1 unspecified atom stereocenters. The van der Waals surface area contributed by atoms with E-state index in [1.807, 2.05) is 24.3 Å². The van der Waals surface area contributed by atoms with Crippen LogP contribution >= 0.6 is 0 Å². The Kier molecular flexibility index (Phi) is 5.34. The Morgan fingerprint density at radius 2 is 2.04 bits per heavy atom. The summed E-state index contributed by atoms with van der Waals surface area (Å²) in [6.45, 7) is 20.8. The minimum Gasteiger partial charge on any atom is -0.481 e. The van der Waals surface area contributed by atoms with Gasteiger partial charge in [0, 0.05) is 30.1 Å². The molecule has 26 heavy (non-hydrogen) atoms. The molecule has 0 saturated carbocycles. The number of allylic oxidation sites excluding steroid dienone is 1. The van der Waals surface area contributed by atoms with Gasteiger partial charge >= 0.3 is 11.8 Å². The maximum atomic E-state index is 11.0. The maximum Gasteiger partial charge on any atom is 0.533 e. The lowest BCUT2D eigenvalue weighted by Gasteiger charge is -2.31. The zero-order chi connectivity index (χ0) is 19.5. The SMILES string of the molecule is [C-]#[N+]C([N+]#[C-])=C(C#N)Cc1cccc2c1C(C)(C)C(C)N2CCC(=O)O. The van der Waals surface area contributed by atoms with E-state index in [9.17, 15) is 10.1 Å². The van der Waals surface area contributed by atoms with Gasteiger partial charge in [0.1, 0.15) is 18.7 Å². The Morgan fingerprint density at radius 3 is 2.58 bits per heavy atom. The van der Waals surface area contributed by atoms with Crippen molar-refractivity contribution < 1.29 is 9.90 Å². The van der Waals surface area contributed by atoms with Crippen LogP contribution in [0.2, 0.25) is 0 Å². The quantitative estimate of drug-likeness (QED) is 0.649. The van der Waals surface area contributed by atoms with Crippen LogP contribution in [0.1, 0.15) is 38.3 Å². The second-order valence-electron chi connectivity index (χ2n) is 6.86. The van der Waals surface area contributed by atoms with Crippen molar-refractivity contribution in [2.24, 2.45) is 0 Å². The van der Waals surface area contributed by atoms with E-state index in [-0.39, 0.29) is 35.7 Å². The highest BCUT2D eigenvalue weighted by atomic mass is 16.4. The first-order chi connectivity index (χ1) is 12.3. The molecule has 0 aliphatic carbocycles. The Morgan fingerprint density at radius 1 is 1.38 bits per heavy atom. The lowest BCUT2D eigenvalue weighted by atomic mass is 9.78. The van der Waals surface area contributed by atoms with Crippen LogP contribution in [0.3, 0.4) is 0 Å². The van der Waals surface area contributed by atoms with Gasteiger partial charge in [-0.05, 0) is 24.1 Å². The van der Waals surface area contributed by atoms with Crippen molar-refractivity contribution >= 4 is 11.7 Å². The first kappa shape index (κ1) is 19.0. The van der Waals surface area contributed by atoms with E-state index in [1.165, 1.54) is 0 Å². The minimum atomic E-state index is -0.840. The van der Waals surface area contributed by atoms with Crippen molar-refractivity contribution in [1.82, 2.24) is 0 Å². The van der Waals surface area contributed by atoms with Crippen LogP contribution in [0.4, 0.5) is 5.69 Å². The molecule has 6 heteroatoms. The van der Waals surface area contributed by atoms with Gasteiger partial charge in [-0.2, -0.15) is 15.0 Å². The molecule has 132 valence electrons. The maximum absolute atomic E-state index is 11.0. The lowest BCUT2D eigenvalue weighted by Crippen LogP contribution is -2.40. The van der Waals surface area contributed by atoms with Crippen LogP contribution in [0.15, 0.2) is 29.6 Å². The number of carbonyl (C=O) groups is 1. The highest BCUT2D eigenvalue weighted by molar-refractivity contribution is 5.71. The summed E-state index contributed by atoms with van der Waals surface area (Å²) in [4.78, 5) is 19.4. The van der Waals surface area contributed by atoms with Crippen LogP contribution in [0.25, 0.3) is 9.69 Å². The molecule has 1 N–H and O–H groups in total. The van der Waals surface area contributed by atoms with E-state index < -0.39 is 5.97 Å². The van der Waals surface area contributed by atoms with E-state index in [1.54, 1.807) is 0 Å². The fraction of sp³-hybridized carbons (Fsp3) is 0.400. The third kappa shape index (κ3) is 3.25. The molecular weight excluding hydrogens is 328 g/mol. The van der Waals surface area contributed by atoms with E-state index in [0.717, 1.165) is 16.8 Å². The Balaban J connectivity index is 2.54. The number of anilines is 1. The fourth-order valence-corrected chi connectivity index (χ4v) is 3.57. The number of carboxylic acids is 1. The van der Waals surface area contributed by atoms with Crippen LogP contribution in [0.5, 0.6) is 0 Å². The average Bonchev–Trinajstić information content (AvgIpc) is 2.80. The van der Waals surface area contributed by atoms with Gasteiger partial charge in [0.15, 0.2) is 0 Å². The van der Waals surface area contributed by atoms with Gasteiger partial charge in [-0.25, -0.2) is 0 Å². The fourth-order valence-electron chi connectivity index (χ4n) is 3.57. The summed E-state index contributed by atoms with van der Waals surface area (Å²) in [7, 11) is 0. The summed E-state index contributed by atoms with van der Waals surface area (Å²) in [6, 6.07) is 7.84. The number of hydrogen-bond donors (Lipinski definition) is 1. The van der Waals surface area contributed by atoms with Crippen molar-refractivity contribution in [1.29, 1.82) is 5.26 Å². The number of rotatable bonds is 5. The number of nitriles is 1. The number of nitrogens with zero attached hydrogens (tertiary/aromatic N) is 4. The van der Waals surface area contributed by atoms with Gasteiger partial charge in [0.25, 0.3) is 0 Å². The standard InChI is InChI=1S/C20H20N4O2/c1-13-20(2,3)18-14(11-15(12-21)19(22-4)23-5)7-6-8-16(18)24(13)10-9-17(25)26/h6-8,13H,9-11H2,1-3H3,(H,25,26). The van der Waals surface area contributed by atoms with Gasteiger partial charge in [0.2, 0.25) is 0 Å². The molecule has 1 aliphatic rings. The van der Waals surface area contributed by atoms with E-state index in [0.29, 0.717) is 6.54 Å². The van der Waals surface area contributed by atoms with Crippen molar-refractivity contribution in [3.63, 3.8) is 0 Å². The summed E-state index contributed by atoms with van der Waals surface area (Å²) < 4.78 is 0. The van der Waals surface area contributed by atoms with Crippen molar-refractivity contribution in [3.05, 3.63) is 63.6 Å². The highest BCUT2D eigenvalue weighted by Crippen LogP contribution is 2.47. The van der Waals surface area contributed by atoms with Gasteiger partial charge < -0.3 is 10.0 Å². The summed E-state index contributed by atoms with van der Waals surface area (Å²) in [5, 5.41) is 18.4. The summed E-state index contributed by atoms with van der Waals surface area (Å²) in [6.07, 6.45) is 0.274. The molecule has 1 aromatic carbocycles. The van der Waals surface area contributed by atoms with Crippen molar-refractivity contribution in [2.45, 2.75) is 45.1 Å². The summed E-state index contributed by atoms with van der Waals surface area (Å²) in [5.41, 5.74) is 2.83. The number of fused-ring (bicyclic) bond motifs is 1. The van der Waals surface area contributed by atoms with Gasteiger partial charge in [-0.3, -0.25) is 4.79 Å². The molecule has 1 aliphatic heterocycles. The molecule has 1 aromatic rings. The molecule has 1 atom stereocenters. The third-order valence-corrected chi connectivity index (χ3v) is 5.14. The first-order valence-corrected chi connectivity index (χ1v) is 8.26. The molecule has 0 amide bonds. The number of benzene rings is 1. The van der Waals surface area contributed by atoms with Gasteiger partial charge in [-0.1, -0.05) is 26.0 Å². The highest BCUT2D eigenvalue weighted by Gasteiger charge is 2.43. The Hall–Kier alpha value is -3.30. The zero-order valence-corrected chi connectivity index (χ0v) is 15.1. The van der Waals surface area contributed by atoms with Crippen LogP contribution in [0, 0.1) is 24.5 Å². The average molecular weight is 348 g/mol. The second-order valence-corrected chi connectivity index (χ2v) is 6.86. The molecule has 0 saturated heterocycles. The number of carboxylic acid groups (broad SMARTS) is 1. The van der Waals surface area contributed by atoms with Crippen molar-refractivity contribution in [2.75, 3.05) is 11.4 Å². The predicted molar refractivity (Wildman–Crippen MR) is 98.1 cm³/mol. The smallest absolute Gasteiger partial charge is 0.481 e. The Bertz CT molecular complexity index is 878. The second kappa shape index (κ2) is 7.30. The monoisotopic (exact) mass is 348 g/mol. The molecule has 0 bridgehead atoms. The molecule has 2 rings (SSSR count). The molecule has 0 radical (unpaired) electrons. The molecule has 0 spiro atoms. The van der Waals surface area contributed by atoms with E-state index in [2.05, 4.69) is 35.4 Å². The normalized spacial score (nSPS) is 16.8. The summed E-state index contributed by atoms with van der Waals surface area (Å²) in [5.74, 6) is -1.04. The van der Waals surface area contributed by atoms with Crippen LogP contribution < -0.4 is 4.90 Å². The van der Waals surface area contributed by atoms with Crippen LogP contribution in [-0.4, -0.2) is 23.7 Å². The van der Waals surface area contributed by atoms with Gasteiger partial charge in [-0.15, -0.1) is 0 Å². The molecule has 0 fully saturated rings. The molecule has 1 heterocycles. The third-order valence-electron chi connectivity index (χ3n) is 5.14. The van der Waals surface area contributed by atoms with E-state index in [4.69, 9.17) is 18.3 Å². The lowest BCUT2D eigenvalue weighted by molar-refractivity contribution is -0.136. The minimum absolute atomic E-state index is 0.0486. The summed E-state index contributed by atoms with van der Waals surface area (Å²) >= 11 is 0. The Labute approximate surface area is 153 Å². The zero-order valence-electron chi connectivity index (χ0n) is 15.1. The van der Waals surface area contributed by atoms with Crippen LogP contribution in [-0.2, 0) is 16.6 Å². The molecule has 6 nitrogen and oxygen atoms in total. The molecule has 0 aromatic heterocycles. The predicted octanol–water partition coefficient (Wildman–Crippen LogP) is 3.76. The van der Waals surface area contributed by atoms with Crippen molar-refractivity contribution in [3.8, 4) is 6.07 Å². The number of aliphatic carboxylic acids is 1. The molecular formula is C20H20N4O2. The number of hydrogen-bond acceptors (Lipinski definition) is 3. The largest absolute Gasteiger partial charge is 0.533 e. The topological polar surface area (TPSA) is 73.0 Å². The van der Waals surface area contributed by atoms with E-state index >= 15 is 0 Å². The first-order valence-electron chi connectivity index (χ1n) is 8.26.